The number of hydrogen-bond donors (Lipinski definition) is 3. The fourth-order valence-corrected chi connectivity index (χ4v) is 1.89. The standard InChI is InChI=1S/C4H10O3S3/c1-3(8)4(9)2-10(5,6)7/h3-4,8-9H,2H2,1H3,(H,5,6,7). The molecule has 0 aliphatic heterocycles. The van der Waals surface area contributed by atoms with E-state index in [-0.39, 0.29) is 11.0 Å². The van der Waals surface area contributed by atoms with Gasteiger partial charge in [-0.15, -0.1) is 0 Å². The van der Waals surface area contributed by atoms with E-state index in [0.717, 1.165) is 0 Å². The third kappa shape index (κ3) is 5.40. The van der Waals surface area contributed by atoms with E-state index in [1.807, 2.05) is 0 Å². The van der Waals surface area contributed by atoms with Crippen molar-refractivity contribution in [1.82, 2.24) is 0 Å². The molecule has 0 aliphatic carbocycles. The summed E-state index contributed by atoms with van der Waals surface area (Å²) in [5, 5.41) is -0.566. The molecule has 2 unspecified atom stereocenters. The predicted octanol–water partition coefficient (Wildman–Crippen LogP) is 0.491. The molecule has 0 fully saturated rings. The molecule has 0 saturated heterocycles. The largest absolute Gasteiger partial charge is 0.286 e. The summed E-state index contributed by atoms with van der Waals surface area (Å²) in [5.74, 6) is -0.346. The van der Waals surface area contributed by atoms with Crippen molar-refractivity contribution in [2.75, 3.05) is 5.75 Å². The number of rotatable bonds is 3. The topological polar surface area (TPSA) is 54.4 Å². The summed E-state index contributed by atoms with van der Waals surface area (Å²) in [6.45, 7) is 1.71. The van der Waals surface area contributed by atoms with Gasteiger partial charge in [0, 0.05) is 10.5 Å². The highest BCUT2D eigenvalue weighted by molar-refractivity contribution is 7.89. The summed E-state index contributed by atoms with van der Waals surface area (Å²) in [5.41, 5.74) is 0. The van der Waals surface area contributed by atoms with Crippen LogP contribution in [0.2, 0.25) is 0 Å². The zero-order valence-corrected chi connectivity index (χ0v) is 8.03. The van der Waals surface area contributed by atoms with Crippen molar-refractivity contribution in [3.63, 3.8) is 0 Å². The number of thiol groups is 2. The molecule has 3 nitrogen and oxygen atoms in total. The molecule has 6 heteroatoms. The van der Waals surface area contributed by atoms with Gasteiger partial charge in [0.15, 0.2) is 0 Å². The van der Waals surface area contributed by atoms with E-state index in [2.05, 4.69) is 25.3 Å². The molecule has 0 spiro atoms. The molecule has 1 N–H and O–H groups in total. The quantitative estimate of drug-likeness (QED) is 0.461. The first-order valence-corrected chi connectivity index (χ1v) is 5.28. The third-order valence-electron chi connectivity index (χ3n) is 0.938. The Hall–Kier alpha value is 0.610. The Balaban J connectivity index is 3.93. The summed E-state index contributed by atoms with van der Waals surface area (Å²) < 4.78 is 28.8. The minimum atomic E-state index is -3.89. The lowest BCUT2D eigenvalue weighted by Gasteiger charge is -2.10. The second-order valence-electron chi connectivity index (χ2n) is 2.06. The Morgan fingerprint density at radius 1 is 1.50 bits per heavy atom. The molecule has 0 aromatic rings. The smallest absolute Gasteiger partial charge is 0.265 e. The van der Waals surface area contributed by atoms with Gasteiger partial charge in [-0.2, -0.15) is 33.7 Å². The molecular formula is C4H10O3S3. The zero-order valence-electron chi connectivity index (χ0n) is 5.43. The van der Waals surface area contributed by atoms with Gasteiger partial charge in [-0.05, 0) is 0 Å². The zero-order chi connectivity index (χ0) is 8.36. The highest BCUT2D eigenvalue weighted by Gasteiger charge is 2.16. The van der Waals surface area contributed by atoms with E-state index < -0.39 is 15.4 Å². The molecule has 0 bridgehead atoms. The average Bonchev–Trinajstić information content (AvgIpc) is 1.60. The molecular weight excluding hydrogens is 192 g/mol. The van der Waals surface area contributed by atoms with Crippen LogP contribution in [0.15, 0.2) is 0 Å². The molecule has 0 saturated carbocycles. The lowest BCUT2D eigenvalue weighted by molar-refractivity contribution is 0.482. The second kappa shape index (κ2) is 3.85. The van der Waals surface area contributed by atoms with Gasteiger partial charge in [0.1, 0.15) is 0 Å². The summed E-state index contributed by atoms with van der Waals surface area (Å²) in [4.78, 5) is 0. The summed E-state index contributed by atoms with van der Waals surface area (Å²) >= 11 is 7.86. The summed E-state index contributed by atoms with van der Waals surface area (Å²) in [7, 11) is -3.89. The van der Waals surface area contributed by atoms with Crippen molar-refractivity contribution in [1.29, 1.82) is 0 Å². The van der Waals surface area contributed by atoms with Crippen molar-refractivity contribution in [2.45, 2.75) is 17.4 Å². The van der Waals surface area contributed by atoms with Crippen molar-refractivity contribution in [2.24, 2.45) is 0 Å². The predicted molar refractivity (Wildman–Crippen MR) is 47.6 cm³/mol. The van der Waals surface area contributed by atoms with E-state index in [4.69, 9.17) is 4.55 Å². The van der Waals surface area contributed by atoms with Gasteiger partial charge in [-0.25, -0.2) is 0 Å². The maximum atomic E-state index is 10.2. The molecule has 10 heavy (non-hydrogen) atoms. The maximum absolute atomic E-state index is 10.2. The first-order valence-electron chi connectivity index (χ1n) is 2.64. The molecule has 0 radical (unpaired) electrons. The molecule has 2 atom stereocenters. The van der Waals surface area contributed by atoms with Gasteiger partial charge in [-0.1, -0.05) is 6.92 Å². The van der Waals surface area contributed by atoms with Crippen molar-refractivity contribution in [3.05, 3.63) is 0 Å². The maximum Gasteiger partial charge on any atom is 0.265 e. The monoisotopic (exact) mass is 202 g/mol. The van der Waals surface area contributed by atoms with E-state index >= 15 is 0 Å². The molecule has 0 aromatic carbocycles. The fourth-order valence-electron chi connectivity index (χ4n) is 0.355. The van der Waals surface area contributed by atoms with E-state index in [9.17, 15) is 8.42 Å². The third-order valence-corrected chi connectivity index (χ3v) is 3.19. The molecule has 62 valence electrons. The van der Waals surface area contributed by atoms with Gasteiger partial charge >= 0.3 is 0 Å². The Morgan fingerprint density at radius 3 is 2.00 bits per heavy atom. The van der Waals surface area contributed by atoms with Crippen LogP contribution in [0.4, 0.5) is 0 Å². The van der Waals surface area contributed by atoms with Gasteiger partial charge in [-0.3, -0.25) is 4.55 Å². The van der Waals surface area contributed by atoms with Gasteiger partial charge in [0.2, 0.25) is 0 Å². The highest BCUT2D eigenvalue weighted by atomic mass is 32.2. The SMILES string of the molecule is CC(S)C(S)CS(=O)(=O)O. The van der Waals surface area contributed by atoms with Crippen LogP contribution in [0.1, 0.15) is 6.92 Å². The number of hydrogen-bond acceptors (Lipinski definition) is 4. The van der Waals surface area contributed by atoms with Crippen LogP contribution in [-0.2, 0) is 10.1 Å². The normalized spacial score (nSPS) is 18.4. The molecule has 0 aliphatic rings. The molecule has 0 heterocycles. The Labute approximate surface area is 71.8 Å². The minimum absolute atomic E-state index is 0.148. The van der Waals surface area contributed by atoms with Crippen molar-refractivity contribution >= 4 is 35.4 Å². The minimum Gasteiger partial charge on any atom is -0.286 e. The van der Waals surface area contributed by atoms with Crippen molar-refractivity contribution < 1.29 is 13.0 Å². The highest BCUT2D eigenvalue weighted by Crippen LogP contribution is 2.09. The van der Waals surface area contributed by atoms with E-state index in [1.54, 1.807) is 6.92 Å². The first kappa shape index (κ1) is 10.6. The average molecular weight is 202 g/mol. The molecule has 0 rings (SSSR count). The summed E-state index contributed by atoms with van der Waals surface area (Å²) in [6, 6.07) is 0. The molecule has 0 amide bonds. The van der Waals surface area contributed by atoms with E-state index in [0.29, 0.717) is 0 Å². The fraction of sp³-hybridized carbons (Fsp3) is 1.00. The summed E-state index contributed by atoms with van der Waals surface area (Å²) in [6.07, 6.45) is 0. The Morgan fingerprint density at radius 2 is 1.90 bits per heavy atom. The molecule has 0 aromatic heterocycles. The lowest BCUT2D eigenvalue weighted by Crippen LogP contribution is -2.22. The van der Waals surface area contributed by atoms with Crippen LogP contribution in [-0.4, -0.2) is 29.2 Å². The van der Waals surface area contributed by atoms with Crippen LogP contribution in [0.5, 0.6) is 0 Å². The van der Waals surface area contributed by atoms with Crippen LogP contribution >= 0.6 is 25.3 Å². The van der Waals surface area contributed by atoms with Gasteiger partial charge in [0.05, 0.1) is 5.75 Å². The van der Waals surface area contributed by atoms with Gasteiger partial charge < -0.3 is 0 Å². The van der Waals surface area contributed by atoms with Crippen molar-refractivity contribution in [3.8, 4) is 0 Å². The lowest BCUT2D eigenvalue weighted by atomic mass is 10.4. The van der Waals surface area contributed by atoms with E-state index in [1.165, 1.54) is 0 Å². The Bertz CT molecular complexity index is 184. The first-order chi connectivity index (χ1) is 4.33. The van der Waals surface area contributed by atoms with Crippen LogP contribution in [0, 0.1) is 0 Å². The van der Waals surface area contributed by atoms with Crippen LogP contribution < -0.4 is 0 Å². The van der Waals surface area contributed by atoms with Crippen LogP contribution in [0.3, 0.4) is 0 Å². The van der Waals surface area contributed by atoms with Gasteiger partial charge in [0.25, 0.3) is 10.1 Å². The Kier molecular flexibility index (Phi) is 4.08. The second-order valence-corrected chi connectivity index (χ2v) is 5.03. The van der Waals surface area contributed by atoms with Crippen LogP contribution in [0.25, 0.3) is 0 Å².